The molecule has 0 aliphatic heterocycles. The smallest absolute Gasteiger partial charge is 0.251 e. The van der Waals surface area contributed by atoms with Gasteiger partial charge in [0, 0.05) is 33.2 Å². The average Bonchev–Trinajstić information content (AvgIpc) is 2.53. The van der Waals surface area contributed by atoms with Crippen LogP contribution in [0.2, 0.25) is 0 Å². The molecule has 0 heterocycles. The van der Waals surface area contributed by atoms with Crippen LogP contribution in [0.5, 0.6) is 0 Å². The number of benzene rings is 2. The van der Waals surface area contributed by atoms with Crippen molar-refractivity contribution in [1.82, 2.24) is 5.32 Å². The number of halogens is 1. The third-order valence-corrected chi connectivity index (χ3v) is 3.86. The fourth-order valence-corrected chi connectivity index (χ4v) is 2.41. The predicted octanol–water partition coefficient (Wildman–Crippen LogP) is 1.93. The lowest BCUT2D eigenvalue weighted by atomic mass is 10.2. The van der Waals surface area contributed by atoms with E-state index < -0.39 is 28.4 Å². The van der Waals surface area contributed by atoms with Crippen molar-refractivity contribution in [3.63, 3.8) is 0 Å². The molecule has 120 valence electrons. The van der Waals surface area contributed by atoms with Gasteiger partial charge in [-0.3, -0.25) is 13.8 Å². The molecule has 2 rings (SSSR count). The predicted molar refractivity (Wildman–Crippen MR) is 86.1 cm³/mol. The second-order valence-electron chi connectivity index (χ2n) is 4.72. The Morgan fingerprint density at radius 2 is 1.87 bits per heavy atom. The molecule has 0 aliphatic carbocycles. The molecule has 2 aromatic carbocycles. The van der Waals surface area contributed by atoms with E-state index in [1.54, 1.807) is 30.5 Å². The highest BCUT2D eigenvalue weighted by atomic mass is 32.2. The van der Waals surface area contributed by atoms with Gasteiger partial charge in [0.15, 0.2) is 0 Å². The normalized spacial score (nSPS) is 11.6. The minimum absolute atomic E-state index is 0.140. The molecular formula is C16H15FN2O3S. The van der Waals surface area contributed by atoms with E-state index in [2.05, 4.69) is 10.6 Å². The van der Waals surface area contributed by atoms with Gasteiger partial charge in [-0.1, -0.05) is 12.1 Å². The molecule has 0 aliphatic rings. The molecule has 5 nitrogen and oxygen atoms in total. The Labute approximate surface area is 135 Å². The number of hydrogen-bond donors (Lipinski definition) is 2. The first-order valence-corrected chi connectivity index (χ1v) is 8.28. The maximum Gasteiger partial charge on any atom is 0.251 e. The SMILES string of the molecule is C[S@@](=O)c1cccc(NC(=O)CNC(=O)c2cccc(F)c2)c1. The van der Waals surface area contributed by atoms with Crippen LogP contribution >= 0.6 is 0 Å². The number of carbonyl (C=O) groups excluding carboxylic acids is 2. The van der Waals surface area contributed by atoms with Crippen LogP contribution < -0.4 is 10.6 Å². The van der Waals surface area contributed by atoms with Crippen molar-refractivity contribution in [3.8, 4) is 0 Å². The molecule has 2 amide bonds. The highest BCUT2D eigenvalue weighted by Gasteiger charge is 2.09. The van der Waals surface area contributed by atoms with Gasteiger partial charge in [-0.2, -0.15) is 0 Å². The first-order chi connectivity index (χ1) is 11.0. The van der Waals surface area contributed by atoms with E-state index in [0.717, 1.165) is 6.07 Å². The average molecular weight is 334 g/mol. The third-order valence-electron chi connectivity index (χ3n) is 2.95. The summed E-state index contributed by atoms with van der Waals surface area (Å²) in [4.78, 5) is 24.2. The Balaban J connectivity index is 1.91. The fraction of sp³-hybridized carbons (Fsp3) is 0.125. The monoisotopic (exact) mass is 334 g/mol. The van der Waals surface area contributed by atoms with Gasteiger partial charge in [0.1, 0.15) is 5.82 Å². The minimum Gasteiger partial charge on any atom is -0.343 e. The minimum atomic E-state index is -1.15. The topological polar surface area (TPSA) is 75.3 Å². The molecule has 0 aromatic heterocycles. The number of rotatable bonds is 5. The summed E-state index contributed by atoms with van der Waals surface area (Å²) in [5.74, 6) is -1.50. The van der Waals surface area contributed by atoms with Crippen molar-refractivity contribution in [1.29, 1.82) is 0 Å². The molecule has 0 fully saturated rings. The van der Waals surface area contributed by atoms with E-state index in [4.69, 9.17) is 0 Å². The van der Waals surface area contributed by atoms with E-state index in [9.17, 15) is 18.2 Å². The number of carbonyl (C=O) groups is 2. The quantitative estimate of drug-likeness (QED) is 0.877. The Bertz CT molecular complexity index is 764. The summed E-state index contributed by atoms with van der Waals surface area (Å²) in [5.41, 5.74) is 0.629. The molecule has 7 heteroatoms. The standard InChI is InChI=1S/C16H15FN2O3S/c1-23(22)14-7-3-6-13(9-14)19-15(20)10-18-16(21)11-4-2-5-12(17)8-11/h2-9H,10H2,1H3,(H,18,21)(H,19,20)/t23-/m1/s1. The molecule has 0 unspecified atom stereocenters. The van der Waals surface area contributed by atoms with Gasteiger partial charge in [-0.25, -0.2) is 4.39 Å². The van der Waals surface area contributed by atoms with Crippen LogP contribution in [0.15, 0.2) is 53.4 Å². The molecule has 0 bridgehead atoms. The van der Waals surface area contributed by atoms with E-state index in [1.165, 1.54) is 18.2 Å². The molecule has 0 radical (unpaired) electrons. The molecule has 23 heavy (non-hydrogen) atoms. The molecule has 0 saturated carbocycles. The Hall–Kier alpha value is -2.54. The Kier molecular flexibility index (Phi) is 5.59. The maximum absolute atomic E-state index is 13.0. The zero-order valence-corrected chi connectivity index (χ0v) is 13.2. The van der Waals surface area contributed by atoms with Crippen molar-refractivity contribution >= 4 is 28.3 Å². The highest BCUT2D eigenvalue weighted by molar-refractivity contribution is 7.84. The van der Waals surface area contributed by atoms with Gasteiger partial charge in [0.25, 0.3) is 5.91 Å². The van der Waals surface area contributed by atoms with Gasteiger partial charge in [-0.15, -0.1) is 0 Å². The molecule has 2 N–H and O–H groups in total. The lowest BCUT2D eigenvalue weighted by Crippen LogP contribution is -2.32. The van der Waals surface area contributed by atoms with Gasteiger partial charge >= 0.3 is 0 Å². The summed E-state index contributed by atoms with van der Waals surface area (Å²) in [6.07, 6.45) is 1.54. The van der Waals surface area contributed by atoms with Gasteiger partial charge in [-0.05, 0) is 36.4 Å². The summed E-state index contributed by atoms with van der Waals surface area (Å²) in [6, 6.07) is 11.8. The van der Waals surface area contributed by atoms with Crippen LogP contribution in [0.4, 0.5) is 10.1 Å². The molecule has 0 saturated heterocycles. The van der Waals surface area contributed by atoms with Crippen LogP contribution in [0.25, 0.3) is 0 Å². The van der Waals surface area contributed by atoms with E-state index in [0.29, 0.717) is 10.6 Å². The molecular weight excluding hydrogens is 319 g/mol. The van der Waals surface area contributed by atoms with E-state index >= 15 is 0 Å². The summed E-state index contributed by atoms with van der Waals surface area (Å²) in [7, 11) is -1.15. The highest BCUT2D eigenvalue weighted by Crippen LogP contribution is 2.13. The largest absolute Gasteiger partial charge is 0.343 e. The van der Waals surface area contributed by atoms with Crippen LogP contribution in [0.1, 0.15) is 10.4 Å². The van der Waals surface area contributed by atoms with Crippen LogP contribution in [-0.4, -0.2) is 28.8 Å². The zero-order valence-electron chi connectivity index (χ0n) is 12.3. The van der Waals surface area contributed by atoms with Crippen molar-refractivity contribution in [2.75, 3.05) is 18.1 Å². The summed E-state index contributed by atoms with van der Waals surface area (Å²) in [6.45, 7) is -0.255. The number of nitrogens with one attached hydrogen (secondary N) is 2. The second-order valence-corrected chi connectivity index (χ2v) is 6.10. The first-order valence-electron chi connectivity index (χ1n) is 6.73. The van der Waals surface area contributed by atoms with E-state index in [1.807, 2.05) is 0 Å². The number of anilines is 1. The van der Waals surface area contributed by atoms with Crippen molar-refractivity contribution < 1.29 is 18.2 Å². The van der Waals surface area contributed by atoms with Gasteiger partial charge in [0.05, 0.1) is 6.54 Å². The zero-order chi connectivity index (χ0) is 16.8. The van der Waals surface area contributed by atoms with Crippen LogP contribution in [-0.2, 0) is 15.6 Å². The van der Waals surface area contributed by atoms with Crippen molar-refractivity contribution in [2.45, 2.75) is 4.90 Å². The molecule has 1 atom stereocenters. The van der Waals surface area contributed by atoms with E-state index in [-0.39, 0.29) is 12.1 Å². The number of hydrogen-bond acceptors (Lipinski definition) is 3. The van der Waals surface area contributed by atoms with Crippen LogP contribution in [0.3, 0.4) is 0 Å². The Morgan fingerprint density at radius 1 is 1.13 bits per heavy atom. The fourth-order valence-electron chi connectivity index (χ4n) is 1.85. The van der Waals surface area contributed by atoms with Crippen molar-refractivity contribution in [2.24, 2.45) is 0 Å². The summed E-state index contributed by atoms with van der Waals surface area (Å²) < 4.78 is 24.4. The molecule has 0 spiro atoms. The number of amides is 2. The van der Waals surface area contributed by atoms with Gasteiger partial charge in [0.2, 0.25) is 5.91 Å². The van der Waals surface area contributed by atoms with Gasteiger partial charge < -0.3 is 10.6 Å². The third kappa shape index (κ3) is 5.00. The first kappa shape index (κ1) is 16.8. The van der Waals surface area contributed by atoms with Crippen molar-refractivity contribution in [3.05, 3.63) is 59.9 Å². The van der Waals surface area contributed by atoms with Crippen LogP contribution in [0, 0.1) is 5.82 Å². The Morgan fingerprint density at radius 3 is 2.57 bits per heavy atom. The summed E-state index contributed by atoms with van der Waals surface area (Å²) in [5, 5.41) is 5.00. The molecule has 2 aromatic rings. The summed E-state index contributed by atoms with van der Waals surface area (Å²) >= 11 is 0. The lowest BCUT2D eigenvalue weighted by molar-refractivity contribution is -0.115. The second kappa shape index (κ2) is 7.64. The lowest BCUT2D eigenvalue weighted by Gasteiger charge is -2.08. The maximum atomic E-state index is 13.0.